The topological polar surface area (TPSA) is 34.1 Å². The van der Waals surface area contributed by atoms with Crippen LogP contribution in [-0.4, -0.2) is 15.7 Å². The molecule has 0 bridgehead atoms. The van der Waals surface area contributed by atoms with E-state index in [4.69, 9.17) is 11.6 Å². The first kappa shape index (κ1) is 13.0. The van der Waals surface area contributed by atoms with Crippen LogP contribution in [0.4, 0.5) is 0 Å². The smallest absolute Gasteiger partial charge is 0.175 e. The monoisotopic (exact) mass is 278 g/mol. The normalized spacial score (nSPS) is 12.1. The zero-order valence-corrected chi connectivity index (χ0v) is 11.1. The van der Waals surface area contributed by atoms with E-state index in [0.717, 1.165) is 0 Å². The molecule has 1 unspecified atom stereocenters. The average molecular weight is 279 g/mol. The first-order chi connectivity index (χ1) is 8.66. The molecule has 4 heteroatoms. The molecule has 0 radical (unpaired) electrons. The van der Waals surface area contributed by atoms with Crippen molar-refractivity contribution in [3.8, 4) is 0 Å². The van der Waals surface area contributed by atoms with Crippen LogP contribution in [-0.2, 0) is 10.8 Å². The van der Waals surface area contributed by atoms with Gasteiger partial charge in [-0.2, -0.15) is 0 Å². The van der Waals surface area contributed by atoms with Gasteiger partial charge in [-0.1, -0.05) is 41.9 Å². The molecule has 0 saturated heterocycles. The molecule has 0 aromatic heterocycles. The summed E-state index contributed by atoms with van der Waals surface area (Å²) in [5.41, 5.74) is 0.492. The van der Waals surface area contributed by atoms with E-state index in [9.17, 15) is 9.00 Å². The zero-order chi connectivity index (χ0) is 13.0. The third-order valence-corrected chi connectivity index (χ3v) is 3.97. The minimum Gasteiger partial charge on any atom is -0.293 e. The summed E-state index contributed by atoms with van der Waals surface area (Å²) >= 11 is 5.81. The fourth-order valence-electron chi connectivity index (χ4n) is 1.52. The standard InChI is InChI=1S/C14H11ClO2S/c15-12-6-4-5-11(9-12)14(16)10-18(17)13-7-2-1-3-8-13/h1-9H,10H2. The molecule has 2 nitrogen and oxygen atoms in total. The summed E-state index contributed by atoms with van der Waals surface area (Å²) in [6.07, 6.45) is 0. The zero-order valence-electron chi connectivity index (χ0n) is 9.51. The van der Waals surface area contributed by atoms with Crippen LogP contribution in [0.5, 0.6) is 0 Å². The Kier molecular flexibility index (Phi) is 4.28. The van der Waals surface area contributed by atoms with Gasteiger partial charge in [-0.25, -0.2) is 0 Å². The molecule has 0 aliphatic carbocycles. The van der Waals surface area contributed by atoms with Crippen molar-refractivity contribution in [1.82, 2.24) is 0 Å². The van der Waals surface area contributed by atoms with E-state index < -0.39 is 10.8 Å². The average Bonchev–Trinajstić information content (AvgIpc) is 2.39. The molecular weight excluding hydrogens is 268 g/mol. The molecule has 0 spiro atoms. The molecule has 1 atom stereocenters. The molecule has 2 rings (SSSR count). The van der Waals surface area contributed by atoms with Crippen LogP contribution in [0, 0.1) is 0 Å². The minimum atomic E-state index is -1.31. The van der Waals surface area contributed by atoms with E-state index in [1.165, 1.54) is 0 Å². The highest BCUT2D eigenvalue weighted by atomic mass is 35.5. The fourth-order valence-corrected chi connectivity index (χ4v) is 2.74. The Morgan fingerprint density at radius 2 is 1.78 bits per heavy atom. The number of hydrogen-bond donors (Lipinski definition) is 0. The van der Waals surface area contributed by atoms with E-state index in [-0.39, 0.29) is 11.5 Å². The van der Waals surface area contributed by atoms with Crippen molar-refractivity contribution < 1.29 is 9.00 Å². The van der Waals surface area contributed by atoms with E-state index >= 15 is 0 Å². The Bertz CT molecular complexity index is 581. The van der Waals surface area contributed by atoms with Crippen molar-refractivity contribution in [3.05, 3.63) is 65.2 Å². The Labute approximate surface area is 113 Å². The van der Waals surface area contributed by atoms with Gasteiger partial charge in [0.15, 0.2) is 5.78 Å². The largest absolute Gasteiger partial charge is 0.293 e. The molecule has 0 aliphatic heterocycles. The lowest BCUT2D eigenvalue weighted by molar-refractivity contribution is 0.102. The van der Waals surface area contributed by atoms with Gasteiger partial charge in [0, 0.05) is 15.5 Å². The fraction of sp³-hybridized carbons (Fsp3) is 0.0714. The Morgan fingerprint density at radius 3 is 2.44 bits per heavy atom. The molecule has 92 valence electrons. The van der Waals surface area contributed by atoms with Gasteiger partial charge in [0.05, 0.1) is 16.6 Å². The summed E-state index contributed by atoms with van der Waals surface area (Å²) in [4.78, 5) is 12.6. The van der Waals surface area contributed by atoms with Gasteiger partial charge in [0.25, 0.3) is 0 Å². The van der Waals surface area contributed by atoms with E-state index in [1.54, 1.807) is 48.5 Å². The summed E-state index contributed by atoms with van der Waals surface area (Å²) < 4.78 is 12.0. The quantitative estimate of drug-likeness (QED) is 0.804. The van der Waals surface area contributed by atoms with Crippen molar-refractivity contribution in [2.24, 2.45) is 0 Å². The Hall–Kier alpha value is -1.45. The third kappa shape index (κ3) is 3.28. The molecule has 0 fully saturated rings. The number of rotatable bonds is 4. The number of carbonyl (C=O) groups excluding carboxylic acids is 1. The molecule has 0 saturated carbocycles. The van der Waals surface area contributed by atoms with Crippen molar-refractivity contribution in [1.29, 1.82) is 0 Å². The number of ketones is 1. The summed E-state index contributed by atoms with van der Waals surface area (Å²) in [6.45, 7) is 0. The van der Waals surface area contributed by atoms with Crippen LogP contribution in [0.25, 0.3) is 0 Å². The van der Waals surface area contributed by atoms with Gasteiger partial charge in [0.1, 0.15) is 0 Å². The van der Waals surface area contributed by atoms with Crippen molar-refractivity contribution >= 4 is 28.2 Å². The third-order valence-electron chi connectivity index (χ3n) is 2.41. The Balaban J connectivity index is 2.11. The van der Waals surface area contributed by atoms with Gasteiger partial charge >= 0.3 is 0 Å². The lowest BCUT2D eigenvalue weighted by Crippen LogP contribution is -2.11. The summed E-state index contributed by atoms with van der Waals surface area (Å²) in [5, 5.41) is 0.506. The van der Waals surface area contributed by atoms with Gasteiger partial charge in [0.2, 0.25) is 0 Å². The van der Waals surface area contributed by atoms with Crippen LogP contribution >= 0.6 is 11.6 Å². The lowest BCUT2D eigenvalue weighted by atomic mass is 10.1. The van der Waals surface area contributed by atoms with E-state index in [0.29, 0.717) is 15.5 Å². The molecule has 2 aromatic rings. The summed E-state index contributed by atoms with van der Waals surface area (Å²) in [7, 11) is -1.31. The number of hydrogen-bond acceptors (Lipinski definition) is 2. The predicted octanol–water partition coefficient (Wildman–Crippen LogP) is 3.33. The van der Waals surface area contributed by atoms with Crippen LogP contribution in [0.3, 0.4) is 0 Å². The van der Waals surface area contributed by atoms with Crippen molar-refractivity contribution in [3.63, 3.8) is 0 Å². The molecule has 0 aliphatic rings. The molecule has 0 amide bonds. The van der Waals surface area contributed by atoms with Crippen molar-refractivity contribution in [2.75, 3.05) is 5.75 Å². The predicted molar refractivity (Wildman–Crippen MR) is 73.5 cm³/mol. The SMILES string of the molecule is O=C(CS(=O)c1ccccc1)c1cccc(Cl)c1. The second-order valence-electron chi connectivity index (χ2n) is 3.74. The van der Waals surface area contributed by atoms with Gasteiger partial charge < -0.3 is 0 Å². The molecule has 2 aromatic carbocycles. The van der Waals surface area contributed by atoms with E-state index in [1.807, 2.05) is 6.07 Å². The van der Waals surface area contributed by atoms with Crippen LogP contribution < -0.4 is 0 Å². The van der Waals surface area contributed by atoms with Crippen LogP contribution in [0.15, 0.2) is 59.5 Å². The van der Waals surface area contributed by atoms with E-state index in [2.05, 4.69) is 0 Å². The van der Waals surface area contributed by atoms with Crippen molar-refractivity contribution in [2.45, 2.75) is 4.90 Å². The van der Waals surface area contributed by atoms with Crippen LogP contribution in [0.1, 0.15) is 10.4 Å². The first-order valence-electron chi connectivity index (χ1n) is 5.39. The van der Waals surface area contributed by atoms with Gasteiger partial charge in [-0.05, 0) is 24.3 Å². The number of benzene rings is 2. The molecule has 0 heterocycles. The number of halogens is 1. The highest BCUT2D eigenvalue weighted by molar-refractivity contribution is 7.85. The highest BCUT2D eigenvalue weighted by Crippen LogP contribution is 2.13. The van der Waals surface area contributed by atoms with Crippen LogP contribution in [0.2, 0.25) is 5.02 Å². The molecule has 0 N–H and O–H groups in total. The summed E-state index contributed by atoms with van der Waals surface area (Å²) in [6, 6.07) is 15.6. The minimum absolute atomic E-state index is 0.0235. The highest BCUT2D eigenvalue weighted by Gasteiger charge is 2.12. The Morgan fingerprint density at radius 1 is 1.06 bits per heavy atom. The summed E-state index contributed by atoms with van der Waals surface area (Å²) in [5.74, 6) is -0.190. The maximum absolute atomic E-state index is 12.0. The van der Waals surface area contributed by atoms with Gasteiger partial charge in [-0.15, -0.1) is 0 Å². The number of carbonyl (C=O) groups is 1. The maximum atomic E-state index is 12.0. The molecule has 18 heavy (non-hydrogen) atoms. The maximum Gasteiger partial charge on any atom is 0.175 e. The van der Waals surface area contributed by atoms with Gasteiger partial charge in [-0.3, -0.25) is 9.00 Å². The molecular formula is C14H11ClO2S. The second-order valence-corrected chi connectivity index (χ2v) is 5.62. The first-order valence-corrected chi connectivity index (χ1v) is 7.09. The lowest BCUT2D eigenvalue weighted by Gasteiger charge is -2.02. The second kappa shape index (κ2) is 5.94. The number of Topliss-reactive ketones (excluding diaryl/α,β-unsaturated/α-hetero) is 1.